The van der Waals surface area contributed by atoms with Crippen LogP contribution in [-0.2, 0) is 11.3 Å². The van der Waals surface area contributed by atoms with E-state index in [0.717, 1.165) is 49.7 Å². The van der Waals surface area contributed by atoms with E-state index < -0.39 is 0 Å². The third-order valence-electron chi connectivity index (χ3n) is 4.08. The van der Waals surface area contributed by atoms with E-state index in [-0.39, 0.29) is 0 Å². The lowest BCUT2D eigenvalue weighted by Gasteiger charge is -2.28. The number of nitrogens with one attached hydrogen (secondary N) is 1. The highest BCUT2D eigenvalue weighted by atomic mass is 16.5. The Kier molecular flexibility index (Phi) is 5.68. The van der Waals surface area contributed by atoms with Gasteiger partial charge in [-0.3, -0.25) is 0 Å². The van der Waals surface area contributed by atoms with Crippen molar-refractivity contribution in [3.63, 3.8) is 0 Å². The molecular weight excluding hydrogens is 254 g/mol. The fraction of sp³-hybridized carbons (Fsp3) is 0.625. The predicted molar refractivity (Wildman–Crippen MR) is 79.4 cm³/mol. The van der Waals surface area contributed by atoms with Gasteiger partial charge < -0.3 is 19.5 Å². The van der Waals surface area contributed by atoms with Crippen LogP contribution >= 0.6 is 0 Å². The molecule has 0 spiro atoms. The summed E-state index contributed by atoms with van der Waals surface area (Å²) in [4.78, 5) is 0. The largest absolute Gasteiger partial charge is 0.497 e. The zero-order valence-corrected chi connectivity index (χ0v) is 12.6. The van der Waals surface area contributed by atoms with Crippen molar-refractivity contribution in [3.8, 4) is 11.5 Å². The number of rotatable bonds is 6. The van der Waals surface area contributed by atoms with Crippen LogP contribution in [0.3, 0.4) is 0 Å². The third kappa shape index (κ3) is 3.87. The molecule has 2 rings (SSSR count). The van der Waals surface area contributed by atoms with Crippen LogP contribution in [0.15, 0.2) is 18.2 Å². The summed E-state index contributed by atoms with van der Waals surface area (Å²) < 4.78 is 16.1. The van der Waals surface area contributed by atoms with Crippen molar-refractivity contribution in [1.82, 2.24) is 5.32 Å². The van der Waals surface area contributed by atoms with Gasteiger partial charge in [-0.25, -0.2) is 0 Å². The second kappa shape index (κ2) is 7.50. The van der Waals surface area contributed by atoms with E-state index in [1.54, 1.807) is 14.2 Å². The Morgan fingerprint density at radius 3 is 2.65 bits per heavy atom. The Morgan fingerprint density at radius 1 is 1.25 bits per heavy atom. The predicted octanol–water partition coefficient (Wildman–Crippen LogP) is 2.61. The van der Waals surface area contributed by atoms with Crippen LogP contribution in [0, 0.1) is 5.92 Å². The zero-order valence-electron chi connectivity index (χ0n) is 12.6. The molecule has 0 amide bonds. The molecule has 1 N–H and O–H groups in total. The van der Waals surface area contributed by atoms with Gasteiger partial charge in [0.15, 0.2) is 0 Å². The Morgan fingerprint density at radius 2 is 2.00 bits per heavy atom. The van der Waals surface area contributed by atoms with Crippen LogP contribution in [0.5, 0.6) is 11.5 Å². The first-order chi connectivity index (χ1) is 9.74. The molecule has 0 aliphatic carbocycles. The van der Waals surface area contributed by atoms with E-state index in [4.69, 9.17) is 14.2 Å². The van der Waals surface area contributed by atoms with Crippen LogP contribution in [-0.4, -0.2) is 33.5 Å². The van der Waals surface area contributed by atoms with Gasteiger partial charge in [-0.1, -0.05) is 0 Å². The number of hydrogen-bond donors (Lipinski definition) is 1. The molecule has 112 valence electrons. The molecule has 0 bridgehead atoms. The Hall–Kier alpha value is -1.26. The quantitative estimate of drug-likeness (QED) is 0.869. The van der Waals surface area contributed by atoms with Gasteiger partial charge in [-0.05, 0) is 43.9 Å². The molecule has 1 atom stereocenters. The Bertz CT molecular complexity index is 416. The van der Waals surface area contributed by atoms with Crippen LogP contribution in [0.25, 0.3) is 0 Å². The molecule has 20 heavy (non-hydrogen) atoms. The average Bonchev–Trinajstić information content (AvgIpc) is 2.53. The summed E-state index contributed by atoms with van der Waals surface area (Å²) in [6, 6.07) is 6.39. The molecular formula is C16H25NO3. The van der Waals surface area contributed by atoms with Crippen LogP contribution in [0.1, 0.15) is 25.3 Å². The van der Waals surface area contributed by atoms with Gasteiger partial charge in [0.25, 0.3) is 0 Å². The Labute approximate surface area is 121 Å². The number of benzene rings is 1. The minimum atomic E-state index is 0.481. The second-order valence-electron chi connectivity index (χ2n) is 5.30. The van der Waals surface area contributed by atoms with Crippen molar-refractivity contribution in [1.29, 1.82) is 0 Å². The summed E-state index contributed by atoms with van der Waals surface area (Å²) in [7, 11) is 3.39. The molecule has 1 unspecified atom stereocenters. The van der Waals surface area contributed by atoms with Gasteiger partial charge in [0.2, 0.25) is 0 Å². The summed E-state index contributed by atoms with van der Waals surface area (Å²) in [6.45, 7) is 4.82. The van der Waals surface area contributed by atoms with E-state index in [9.17, 15) is 0 Å². The first-order valence-electron chi connectivity index (χ1n) is 7.26. The molecule has 1 aliphatic rings. The molecule has 1 saturated heterocycles. The molecule has 4 heteroatoms. The zero-order chi connectivity index (χ0) is 14.4. The molecule has 1 aromatic carbocycles. The molecule has 1 aromatic rings. The normalized spacial score (nSPS) is 17.8. The standard InChI is InChI=1S/C16H25NO3/c1-12(13-6-8-20-9-7-13)17-11-14-10-15(18-2)4-5-16(14)19-3/h4-5,10,12-13,17H,6-9,11H2,1-3H3. The Balaban J connectivity index is 1.94. The fourth-order valence-electron chi connectivity index (χ4n) is 2.67. The van der Waals surface area contributed by atoms with Crippen molar-refractivity contribution >= 4 is 0 Å². The number of hydrogen-bond acceptors (Lipinski definition) is 4. The molecule has 0 radical (unpaired) electrons. The fourth-order valence-corrected chi connectivity index (χ4v) is 2.67. The summed E-state index contributed by atoms with van der Waals surface area (Å²) in [6.07, 6.45) is 2.28. The lowest BCUT2D eigenvalue weighted by atomic mass is 9.93. The summed E-state index contributed by atoms with van der Waals surface area (Å²) >= 11 is 0. The molecule has 1 heterocycles. The van der Waals surface area contributed by atoms with Crippen LogP contribution in [0.4, 0.5) is 0 Å². The smallest absolute Gasteiger partial charge is 0.123 e. The minimum Gasteiger partial charge on any atom is -0.497 e. The van der Waals surface area contributed by atoms with E-state index in [0.29, 0.717) is 12.0 Å². The molecule has 1 aliphatic heterocycles. The van der Waals surface area contributed by atoms with Gasteiger partial charge >= 0.3 is 0 Å². The summed E-state index contributed by atoms with van der Waals surface area (Å²) in [5.74, 6) is 2.46. The van der Waals surface area contributed by atoms with Crippen molar-refractivity contribution in [2.45, 2.75) is 32.4 Å². The van der Waals surface area contributed by atoms with Gasteiger partial charge in [0.1, 0.15) is 11.5 Å². The van der Waals surface area contributed by atoms with Crippen molar-refractivity contribution in [2.75, 3.05) is 27.4 Å². The average molecular weight is 279 g/mol. The maximum Gasteiger partial charge on any atom is 0.123 e. The van der Waals surface area contributed by atoms with Crippen LogP contribution in [0.2, 0.25) is 0 Å². The summed E-state index contributed by atoms with van der Waals surface area (Å²) in [5.41, 5.74) is 1.13. The monoisotopic (exact) mass is 279 g/mol. The first kappa shape index (κ1) is 15.1. The van der Waals surface area contributed by atoms with E-state index in [1.807, 2.05) is 18.2 Å². The summed E-state index contributed by atoms with van der Waals surface area (Å²) in [5, 5.41) is 3.60. The second-order valence-corrected chi connectivity index (χ2v) is 5.30. The topological polar surface area (TPSA) is 39.7 Å². The lowest BCUT2D eigenvalue weighted by Crippen LogP contribution is -2.36. The number of ether oxygens (including phenoxy) is 3. The maximum atomic E-state index is 5.42. The van der Waals surface area contributed by atoms with Gasteiger partial charge in [-0.2, -0.15) is 0 Å². The lowest BCUT2D eigenvalue weighted by molar-refractivity contribution is 0.0557. The van der Waals surface area contributed by atoms with Crippen molar-refractivity contribution in [2.24, 2.45) is 5.92 Å². The van der Waals surface area contributed by atoms with E-state index in [1.165, 1.54) is 0 Å². The highest BCUT2D eigenvalue weighted by Gasteiger charge is 2.20. The third-order valence-corrected chi connectivity index (χ3v) is 4.08. The highest BCUT2D eigenvalue weighted by Crippen LogP contribution is 2.25. The van der Waals surface area contributed by atoms with E-state index in [2.05, 4.69) is 12.2 Å². The van der Waals surface area contributed by atoms with Crippen molar-refractivity contribution in [3.05, 3.63) is 23.8 Å². The molecule has 0 saturated carbocycles. The molecule has 4 nitrogen and oxygen atoms in total. The number of methoxy groups -OCH3 is 2. The van der Waals surface area contributed by atoms with Gasteiger partial charge in [-0.15, -0.1) is 0 Å². The van der Waals surface area contributed by atoms with Crippen molar-refractivity contribution < 1.29 is 14.2 Å². The molecule has 1 fully saturated rings. The molecule has 0 aromatic heterocycles. The minimum absolute atomic E-state index is 0.481. The highest BCUT2D eigenvalue weighted by molar-refractivity contribution is 5.40. The maximum absolute atomic E-state index is 5.42. The first-order valence-corrected chi connectivity index (χ1v) is 7.26. The SMILES string of the molecule is COc1ccc(OC)c(CNC(C)C2CCOCC2)c1. The van der Waals surface area contributed by atoms with E-state index >= 15 is 0 Å². The van der Waals surface area contributed by atoms with Crippen LogP contribution < -0.4 is 14.8 Å². The van der Waals surface area contributed by atoms with Gasteiger partial charge in [0, 0.05) is 31.4 Å². The van der Waals surface area contributed by atoms with Gasteiger partial charge in [0.05, 0.1) is 14.2 Å².